The van der Waals surface area contributed by atoms with Crippen LogP contribution in [0, 0.1) is 6.92 Å². The molecule has 1 aliphatic rings. The van der Waals surface area contributed by atoms with Gasteiger partial charge < -0.3 is 10.2 Å². The molecule has 0 bridgehead atoms. The summed E-state index contributed by atoms with van der Waals surface area (Å²) in [7, 11) is -3.94. The molecule has 0 aliphatic carbocycles. The lowest BCUT2D eigenvalue weighted by Crippen LogP contribution is -2.40. The zero-order valence-corrected chi connectivity index (χ0v) is 19.8. The van der Waals surface area contributed by atoms with Gasteiger partial charge in [0.25, 0.3) is 10.0 Å². The number of anilines is 2. The summed E-state index contributed by atoms with van der Waals surface area (Å²) in [5.41, 5.74) is 2.99. The first kappa shape index (κ1) is 23.5. The molecule has 1 N–H and O–H groups in total. The van der Waals surface area contributed by atoms with Gasteiger partial charge in [0.15, 0.2) is 0 Å². The van der Waals surface area contributed by atoms with Crippen molar-refractivity contribution in [3.63, 3.8) is 0 Å². The second-order valence-corrected chi connectivity index (χ2v) is 10.1. The molecule has 34 heavy (non-hydrogen) atoms. The van der Waals surface area contributed by atoms with Gasteiger partial charge in [-0.2, -0.15) is 0 Å². The maximum absolute atomic E-state index is 13.4. The number of aryl methyl sites for hydroxylation is 1. The molecule has 1 aliphatic heterocycles. The number of hydrogen-bond acceptors (Lipinski definition) is 4. The number of nitrogens with one attached hydrogen (secondary N) is 1. The normalized spacial score (nSPS) is 13.7. The molecule has 0 aromatic heterocycles. The highest BCUT2D eigenvalue weighted by molar-refractivity contribution is 7.92. The number of rotatable bonds is 8. The van der Waals surface area contributed by atoms with E-state index in [2.05, 4.69) is 5.32 Å². The number of carbonyl (C=O) groups excluding carboxylic acids is 2. The molecule has 0 unspecified atom stereocenters. The summed E-state index contributed by atoms with van der Waals surface area (Å²) in [4.78, 5) is 26.7. The van der Waals surface area contributed by atoms with Gasteiger partial charge in [-0.3, -0.25) is 13.9 Å². The molecule has 176 valence electrons. The Balaban J connectivity index is 1.50. The molecule has 3 aromatic carbocycles. The van der Waals surface area contributed by atoms with Crippen LogP contribution in [0.4, 0.5) is 11.4 Å². The van der Waals surface area contributed by atoms with Crippen molar-refractivity contribution in [2.75, 3.05) is 22.3 Å². The standard InChI is InChI=1S/C26H27N3O4S/c1-20-12-14-24(15-13-20)34(32,33)29(22-8-3-2-4-9-22)19-25(30)27-18-21-7-5-10-23(17-21)28-16-6-11-26(28)31/h2-5,7-10,12-15,17H,6,11,16,18-19H2,1H3,(H,27,30). The van der Waals surface area contributed by atoms with Crippen molar-refractivity contribution in [1.29, 1.82) is 0 Å². The molecular formula is C26H27N3O4S. The SMILES string of the molecule is Cc1ccc(S(=O)(=O)N(CC(=O)NCc2cccc(N3CCCC3=O)c2)c2ccccc2)cc1. The van der Waals surface area contributed by atoms with E-state index in [1.54, 1.807) is 59.5 Å². The van der Waals surface area contributed by atoms with Gasteiger partial charge in [-0.25, -0.2) is 8.42 Å². The van der Waals surface area contributed by atoms with E-state index < -0.39 is 15.9 Å². The highest BCUT2D eigenvalue weighted by Gasteiger charge is 2.27. The predicted molar refractivity (Wildman–Crippen MR) is 132 cm³/mol. The molecule has 0 radical (unpaired) electrons. The lowest BCUT2D eigenvalue weighted by Gasteiger charge is -2.24. The van der Waals surface area contributed by atoms with E-state index in [0.29, 0.717) is 18.7 Å². The van der Waals surface area contributed by atoms with Crippen molar-refractivity contribution >= 4 is 33.2 Å². The first-order valence-corrected chi connectivity index (χ1v) is 12.6. The van der Waals surface area contributed by atoms with E-state index in [9.17, 15) is 18.0 Å². The Kier molecular flexibility index (Phi) is 6.98. The minimum absolute atomic E-state index is 0.0981. The van der Waals surface area contributed by atoms with Crippen LogP contribution in [-0.2, 0) is 26.2 Å². The Morgan fingerprint density at radius 2 is 1.74 bits per heavy atom. The van der Waals surface area contributed by atoms with Crippen molar-refractivity contribution in [3.8, 4) is 0 Å². The zero-order valence-electron chi connectivity index (χ0n) is 19.0. The zero-order chi connectivity index (χ0) is 24.1. The van der Waals surface area contributed by atoms with Crippen molar-refractivity contribution in [1.82, 2.24) is 5.32 Å². The highest BCUT2D eigenvalue weighted by Crippen LogP contribution is 2.24. The summed E-state index contributed by atoms with van der Waals surface area (Å²) in [6.07, 6.45) is 1.39. The predicted octanol–water partition coefficient (Wildman–Crippen LogP) is 3.63. The third-order valence-electron chi connectivity index (χ3n) is 5.73. The Labute approximate surface area is 200 Å². The molecule has 1 heterocycles. The third-order valence-corrected chi connectivity index (χ3v) is 7.51. The summed E-state index contributed by atoms with van der Waals surface area (Å²) in [5, 5.41) is 2.81. The van der Waals surface area contributed by atoms with E-state index in [0.717, 1.165) is 27.5 Å². The fourth-order valence-corrected chi connectivity index (χ4v) is 5.31. The van der Waals surface area contributed by atoms with Gasteiger partial charge in [0.2, 0.25) is 11.8 Å². The average Bonchev–Trinajstić information content (AvgIpc) is 3.28. The average molecular weight is 478 g/mol. The van der Waals surface area contributed by atoms with E-state index in [4.69, 9.17) is 0 Å². The monoisotopic (exact) mass is 477 g/mol. The van der Waals surface area contributed by atoms with Crippen molar-refractivity contribution in [3.05, 3.63) is 90.0 Å². The first-order chi connectivity index (χ1) is 16.3. The van der Waals surface area contributed by atoms with Crippen LogP contribution in [-0.4, -0.2) is 33.3 Å². The van der Waals surface area contributed by atoms with Crippen LogP contribution in [0.1, 0.15) is 24.0 Å². The van der Waals surface area contributed by atoms with Gasteiger partial charge in [0.1, 0.15) is 6.54 Å². The van der Waals surface area contributed by atoms with Crippen molar-refractivity contribution in [2.24, 2.45) is 0 Å². The molecule has 4 rings (SSSR count). The van der Waals surface area contributed by atoms with Crippen molar-refractivity contribution < 1.29 is 18.0 Å². The number of hydrogen-bond donors (Lipinski definition) is 1. The lowest BCUT2D eigenvalue weighted by molar-refractivity contribution is -0.120. The summed E-state index contributed by atoms with van der Waals surface area (Å²) in [6, 6.07) is 22.6. The Morgan fingerprint density at radius 3 is 2.41 bits per heavy atom. The second kappa shape index (κ2) is 10.1. The van der Waals surface area contributed by atoms with Crippen molar-refractivity contribution in [2.45, 2.75) is 31.2 Å². The minimum Gasteiger partial charge on any atom is -0.350 e. The van der Waals surface area contributed by atoms with E-state index in [1.165, 1.54) is 0 Å². The molecule has 2 amide bonds. The quantitative estimate of drug-likeness (QED) is 0.537. The van der Waals surface area contributed by atoms with Crippen LogP contribution in [0.3, 0.4) is 0 Å². The van der Waals surface area contributed by atoms with Crippen LogP contribution in [0.5, 0.6) is 0 Å². The van der Waals surface area contributed by atoms with E-state index in [1.807, 2.05) is 31.2 Å². The smallest absolute Gasteiger partial charge is 0.264 e. The number of carbonyl (C=O) groups is 2. The first-order valence-electron chi connectivity index (χ1n) is 11.1. The Morgan fingerprint density at radius 1 is 1.00 bits per heavy atom. The number of benzene rings is 3. The van der Waals surface area contributed by atoms with Crippen LogP contribution in [0.25, 0.3) is 0 Å². The van der Waals surface area contributed by atoms with Gasteiger partial charge in [0, 0.05) is 25.2 Å². The third kappa shape index (κ3) is 5.28. The van der Waals surface area contributed by atoms with Crippen LogP contribution >= 0.6 is 0 Å². The topological polar surface area (TPSA) is 86.8 Å². The number of para-hydroxylation sites is 1. The lowest BCUT2D eigenvalue weighted by atomic mass is 10.2. The summed E-state index contributed by atoms with van der Waals surface area (Å²) in [6.45, 7) is 2.44. The van der Waals surface area contributed by atoms with Crippen LogP contribution < -0.4 is 14.5 Å². The van der Waals surface area contributed by atoms with Crippen LogP contribution in [0.15, 0.2) is 83.8 Å². The molecule has 0 spiro atoms. The van der Waals surface area contributed by atoms with E-state index >= 15 is 0 Å². The summed E-state index contributed by atoms with van der Waals surface area (Å²) < 4.78 is 27.9. The van der Waals surface area contributed by atoms with Gasteiger partial charge >= 0.3 is 0 Å². The highest BCUT2D eigenvalue weighted by atomic mass is 32.2. The number of nitrogens with zero attached hydrogens (tertiary/aromatic N) is 2. The maximum atomic E-state index is 13.4. The van der Waals surface area contributed by atoms with Gasteiger partial charge in [-0.05, 0) is 55.3 Å². The summed E-state index contributed by atoms with van der Waals surface area (Å²) in [5.74, 6) is -0.330. The maximum Gasteiger partial charge on any atom is 0.264 e. The molecule has 7 nitrogen and oxygen atoms in total. The minimum atomic E-state index is -3.94. The molecule has 8 heteroatoms. The van der Waals surface area contributed by atoms with Gasteiger partial charge in [-0.1, -0.05) is 48.0 Å². The molecule has 1 saturated heterocycles. The number of sulfonamides is 1. The Hall–Kier alpha value is -3.65. The fourth-order valence-electron chi connectivity index (χ4n) is 3.89. The van der Waals surface area contributed by atoms with Crippen LogP contribution in [0.2, 0.25) is 0 Å². The Bertz CT molecular complexity index is 1270. The number of amides is 2. The second-order valence-electron chi connectivity index (χ2n) is 8.26. The molecule has 1 fully saturated rings. The molecule has 0 atom stereocenters. The van der Waals surface area contributed by atoms with Gasteiger partial charge in [0.05, 0.1) is 10.6 Å². The van der Waals surface area contributed by atoms with E-state index in [-0.39, 0.29) is 23.9 Å². The molecular weight excluding hydrogens is 450 g/mol. The molecule has 3 aromatic rings. The fraction of sp³-hybridized carbons (Fsp3) is 0.231. The summed E-state index contributed by atoms with van der Waals surface area (Å²) >= 11 is 0. The largest absolute Gasteiger partial charge is 0.350 e. The molecule has 0 saturated carbocycles. The van der Waals surface area contributed by atoms with Gasteiger partial charge in [-0.15, -0.1) is 0 Å².